The highest BCUT2D eigenvalue weighted by Crippen LogP contribution is 2.18. The van der Waals surface area contributed by atoms with Crippen LogP contribution in [0.3, 0.4) is 0 Å². The van der Waals surface area contributed by atoms with E-state index in [2.05, 4.69) is 15.5 Å². The van der Waals surface area contributed by atoms with E-state index in [1.165, 1.54) is 24.8 Å². The molecule has 1 aliphatic heterocycles. The van der Waals surface area contributed by atoms with Crippen LogP contribution in [0.15, 0.2) is 48.5 Å². The summed E-state index contributed by atoms with van der Waals surface area (Å²) in [5.41, 5.74) is 2.78. The van der Waals surface area contributed by atoms with Gasteiger partial charge in [0, 0.05) is 18.2 Å². The number of anilines is 1. The van der Waals surface area contributed by atoms with Gasteiger partial charge in [-0.25, -0.2) is 0 Å². The van der Waals surface area contributed by atoms with Crippen molar-refractivity contribution in [2.24, 2.45) is 0 Å². The molecule has 0 unspecified atom stereocenters. The number of nitrogens with zero attached hydrogens (tertiary/aromatic N) is 1. The van der Waals surface area contributed by atoms with Gasteiger partial charge in [0.25, 0.3) is 11.8 Å². The molecule has 2 amide bonds. The van der Waals surface area contributed by atoms with E-state index in [4.69, 9.17) is 0 Å². The van der Waals surface area contributed by atoms with E-state index in [0.717, 1.165) is 19.6 Å². The van der Waals surface area contributed by atoms with Crippen molar-refractivity contribution in [2.45, 2.75) is 45.7 Å². The molecular formula is C23H29N3O2. The van der Waals surface area contributed by atoms with Crippen LogP contribution in [0.2, 0.25) is 0 Å². The van der Waals surface area contributed by atoms with Gasteiger partial charge < -0.3 is 10.6 Å². The van der Waals surface area contributed by atoms with Crippen LogP contribution in [-0.4, -0.2) is 35.8 Å². The van der Waals surface area contributed by atoms with Gasteiger partial charge in [-0.3, -0.25) is 14.5 Å². The summed E-state index contributed by atoms with van der Waals surface area (Å²) < 4.78 is 0. The van der Waals surface area contributed by atoms with E-state index in [9.17, 15) is 9.59 Å². The minimum atomic E-state index is -0.214. The molecule has 0 atom stereocenters. The van der Waals surface area contributed by atoms with Gasteiger partial charge in [0.15, 0.2) is 0 Å². The third-order valence-electron chi connectivity index (χ3n) is 4.91. The predicted molar refractivity (Wildman–Crippen MR) is 113 cm³/mol. The van der Waals surface area contributed by atoms with E-state index in [-0.39, 0.29) is 17.9 Å². The second kappa shape index (κ2) is 9.51. The van der Waals surface area contributed by atoms with Crippen LogP contribution in [0.5, 0.6) is 0 Å². The van der Waals surface area contributed by atoms with Crippen LogP contribution in [0.4, 0.5) is 5.69 Å². The number of carbonyl (C=O) groups excluding carboxylic acids is 2. The van der Waals surface area contributed by atoms with Gasteiger partial charge in [-0.05, 0) is 69.6 Å². The summed E-state index contributed by atoms with van der Waals surface area (Å²) >= 11 is 0. The molecule has 5 nitrogen and oxygen atoms in total. The molecule has 2 N–H and O–H groups in total. The number of hydrogen-bond acceptors (Lipinski definition) is 3. The molecule has 2 aromatic carbocycles. The maximum absolute atomic E-state index is 12.7. The average Bonchev–Trinajstić information content (AvgIpc) is 2.69. The third-order valence-corrected chi connectivity index (χ3v) is 4.91. The maximum atomic E-state index is 12.7. The van der Waals surface area contributed by atoms with E-state index < -0.39 is 0 Å². The first kappa shape index (κ1) is 20.1. The van der Waals surface area contributed by atoms with Gasteiger partial charge in [-0.1, -0.05) is 30.7 Å². The van der Waals surface area contributed by atoms with E-state index >= 15 is 0 Å². The average molecular weight is 380 g/mol. The van der Waals surface area contributed by atoms with Crippen LogP contribution >= 0.6 is 0 Å². The lowest BCUT2D eigenvalue weighted by atomic mass is 10.1. The van der Waals surface area contributed by atoms with Gasteiger partial charge in [-0.15, -0.1) is 0 Å². The molecule has 1 heterocycles. The summed E-state index contributed by atoms with van der Waals surface area (Å²) in [7, 11) is 0. The number of nitrogens with one attached hydrogen (secondary N) is 2. The fourth-order valence-electron chi connectivity index (χ4n) is 3.46. The normalized spacial score (nSPS) is 14.7. The second-order valence-electron chi connectivity index (χ2n) is 7.66. The van der Waals surface area contributed by atoms with Crippen LogP contribution < -0.4 is 10.6 Å². The van der Waals surface area contributed by atoms with Crippen molar-refractivity contribution in [3.63, 3.8) is 0 Å². The minimum Gasteiger partial charge on any atom is -0.350 e. The summed E-state index contributed by atoms with van der Waals surface area (Å²) in [6, 6.07) is 14.8. The molecule has 28 heavy (non-hydrogen) atoms. The van der Waals surface area contributed by atoms with Gasteiger partial charge in [-0.2, -0.15) is 0 Å². The molecule has 148 valence electrons. The summed E-state index contributed by atoms with van der Waals surface area (Å²) in [5.74, 6) is -0.405. The molecule has 5 heteroatoms. The number of benzene rings is 2. The zero-order valence-corrected chi connectivity index (χ0v) is 16.7. The van der Waals surface area contributed by atoms with Crippen molar-refractivity contribution >= 4 is 17.5 Å². The van der Waals surface area contributed by atoms with Crippen molar-refractivity contribution in [3.8, 4) is 0 Å². The fraction of sp³-hybridized carbons (Fsp3) is 0.391. The van der Waals surface area contributed by atoms with Crippen LogP contribution in [-0.2, 0) is 6.54 Å². The molecule has 2 aromatic rings. The lowest BCUT2D eigenvalue weighted by Crippen LogP contribution is -2.31. The molecule has 0 aromatic heterocycles. The van der Waals surface area contributed by atoms with Gasteiger partial charge in [0.05, 0.1) is 11.3 Å². The first-order valence-electron chi connectivity index (χ1n) is 10.1. The Kier molecular flexibility index (Phi) is 6.82. The lowest BCUT2D eigenvalue weighted by molar-refractivity contribution is 0.0944. The third kappa shape index (κ3) is 5.42. The number of piperidine rings is 1. The van der Waals surface area contributed by atoms with E-state index in [1.54, 1.807) is 18.2 Å². The Hall–Kier alpha value is -2.66. The van der Waals surface area contributed by atoms with Crippen LogP contribution in [0.25, 0.3) is 0 Å². The number of likely N-dealkylation sites (tertiary alicyclic amines) is 1. The highest BCUT2D eigenvalue weighted by Gasteiger charge is 2.15. The van der Waals surface area contributed by atoms with E-state index in [1.807, 2.05) is 44.2 Å². The van der Waals surface area contributed by atoms with Crippen molar-refractivity contribution < 1.29 is 9.59 Å². The van der Waals surface area contributed by atoms with Crippen molar-refractivity contribution in [3.05, 3.63) is 65.2 Å². The number of hydrogen-bond donors (Lipinski definition) is 2. The maximum Gasteiger partial charge on any atom is 0.255 e. The number of rotatable bonds is 6. The quantitative estimate of drug-likeness (QED) is 0.796. The molecule has 0 bridgehead atoms. The standard InChI is InChI=1S/C23H29N3O2/c1-17(2)24-23(28)20-8-4-5-9-21(20)25-22(27)19-12-10-18(11-13-19)16-26-14-6-3-7-15-26/h4-5,8-13,17H,3,6-7,14-16H2,1-2H3,(H,24,28)(H,25,27). The second-order valence-corrected chi connectivity index (χ2v) is 7.66. The molecular weight excluding hydrogens is 350 g/mol. The summed E-state index contributed by atoms with van der Waals surface area (Å²) in [6.45, 7) is 7.05. The predicted octanol–water partition coefficient (Wildman–Crippen LogP) is 4.06. The topological polar surface area (TPSA) is 61.4 Å². The Balaban J connectivity index is 1.65. The first-order chi connectivity index (χ1) is 13.5. The molecule has 0 radical (unpaired) electrons. The molecule has 1 fully saturated rings. The number of carbonyl (C=O) groups is 2. The van der Waals surface area contributed by atoms with Crippen LogP contribution in [0.1, 0.15) is 59.4 Å². The molecule has 0 aliphatic carbocycles. The lowest BCUT2D eigenvalue weighted by Gasteiger charge is -2.26. The molecule has 1 saturated heterocycles. The largest absolute Gasteiger partial charge is 0.350 e. The first-order valence-corrected chi connectivity index (χ1v) is 10.1. The number of amides is 2. The highest BCUT2D eigenvalue weighted by molar-refractivity contribution is 6.09. The molecule has 1 aliphatic rings. The van der Waals surface area contributed by atoms with Gasteiger partial charge >= 0.3 is 0 Å². The zero-order valence-electron chi connectivity index (χ0n) is 16.7. The Labute approximate surface area is 167 Å². The smallest absolute Gasteiger partial charge is 0.255 e. The van der Waals surface area contributed by atoms with Crippen molar-refractivity contribution in [1.82, 2.24) is 10.2 Å². The minimum absolute atomic E-state index is 0.0312. The molecule has 0 spiro atoms. The van der Waals surface area contributed by atoms with Gasteiger partial charge in [0.1, 0.15) is 0 Å². The summed E-state index contributed by atoms with van der Waals surface area (Å²) in [5, 5.41) is 5.74. The Bertz CT molecular complexity index is 809. The fourth-order valence-corrected chi connectivity index (χ4v) is 3.46. The monoisotopic (exact) mass is 379 g/mol. The summed E-state index contributed by atoms with van der Waals surface area (Å²) in [4.78, 5) is 27.5. The van der Waals surface area contributed by atoms with Gasteiger partial charge in [0.2, 0.25) is 0 Å². The summed E-state index contributed by atoms with van der Waals surface area (Å²) in [6.07, 6.45) is 3.86. The Morgan fingerprint density at radius 1 is 0.929 bits per heavy atom. The molecule has 3 rings (SSSR count). The van der Waals surface area contributed by atoms with Crippen LogP contribution in [0, 0.1) is 0 Å². The Morgan fingerprint density at radius 3 is 2.29 bits per heavy atom. The SMILES string of the molecule is CC(C)NC(=O)c1ccccc1NC(=O)c1ccc(CN2CCCCC2)cc1. The highest BCUT2D eigenvalue weighted by atomic mass is 16.2. The molecule has 0 saturated carbocycles. The van der Waals surface area contributed by atoms with E-state index in [0.29, 0.717) is 16.8 Å². The van der Waals surface area contributed by atoms with Crippen molar-refractivity contribution in [2.75, 3.05) is 18.4 Å². The Morgan fingerprint density at radius 2 is 1.61 bits per heavy atom. The van der Waals surface area contributed by atoms with Crippen molar-refractivity contribution in [1.29, 1.82) is 0 Å². The number of para-hydroxylation sites is 1. The zero-order chi connectivity index (χ0) is 19.9.